The highest BCUT2D eigenvalue weighted by Crippen LogP contribution is 2.24. The fourth-order valence-electron chi connectivity index (χ4n) is 1.60. The lowest BCUT2D eigenvalue weighted by Gasteiger charge is -2.25. The molecule has 1 aromatic carbocycles. The second kappa shape index (κ2) is 7.40. The molecule has 0 amide bonds. The van der Waals surface area contributed by atoms with Crippen molar-refractivity contribution in [1.29, 1.82) is 0 Å². The Morgan fingerprint density at radius 1 is 1.32 bits per heavy atom. The molecule has 19 heavy (non-hydrogen) atoms. The predicted octanol–water partition coefficient (Wildman–Crippen LogP) is 2.33. The zero-order valence-corrected chi connectivity index (χ0v) is 12.7. The maximum absolute atomic E-state index is 11.7. The molecule has 1 atom stereocenters. The van der Waals surface area contributed by atoms with Crippen molar-refractivity contribution in [2.24, 2.45) is 0 Å². The topological polar surface area (TPSA) is 47.6 Å². The number of rotatable bonds is 7. The lowest BCUT2D eigenvalue weighted by atomic mass is 10.00. The molecule has 5 heteroatoms. The molecule has 0 aliphatic heterocycles. The molecule has 4 nitrogen and oxygen atoms in total. The molecule has 0 radical (unpaired) electrons. The summed E-state index contributed by atoms with van der Waals surface area (Å²) in [6, 6.07) is 7.89. The molecular formula is C14H21NO3S. The summed E-state index contributed by atoms with van der Waals surface area (Å²) in [5.74, 6) is 1.45. The van der Waals surface area contributed by atoms with E-state index in [9.17, 15) is 4.79 Å². The minimum absolute atomic E-state index is 0.231. The summed E-state index contributed by atoms with van der Waals surface area (Å²) in [4.78, 5) is 12.8. The molecule has 0 aliphatic carbocycles. The van der Waals surface area contributed by atoms with Crippen molar-refractivity contribution in [1.82, 2.24) is 5.32 Å². The number of likely N-dealkylation sites (N-methyl/N-ethyl adjacent to an activating group) is 1. The van der Waals surface area contributed by atoms with Gasteiger partial charge in [0.05, 0.1) is 14.2 Å². The zero-order chi connectivity index (χ0) is 14.3. The first-order valence-corrected chi connectivity index (χ1v) is 7.08. The van der Waals surface area contributed by atoms with Gasteiger partial charge in [-0.2, -0.15) is 0 Å². The standard InChI is InChI=1S/C14H21NO3S/c1-14(15-2,13(16)18-4)9-10-19-12-7-5-11(17-3)6-8-12/h5-8,15H,9-10H2,1-4H3. The van der Waals surface area contributed by atoms with Crippen LogP contribution in [0.2, 0.25) is 0 Å². The normalized spacial score (nSPS) is 13.7. The number of hydrogen-bond acceptors (Lipinski definition) is 5. The number of ether oxygens (including phenoxy) is 2. The van der Waals surface area contributed by atoms with E-state index < -0.39 is 5.54 Å². The summed E-state index contributed by atoms with van der Waals surface area (Å²) in [6.07, 6.45) is 0.701. The van der Waals surface area contributed by atoms with Crippen molar-refractivity contribution in [2.75, 3.05) is 27.0 Å². The van der Waals surface area contributed by atoms with Crippen molar-refractivity contribution < 1.29 is 14.3 Å². The van der Waals surface area contributed by atoms with E-state index in [1.165, 1.54) is 7.11 Å². The molecule has 1 N–H and O–H groups in total. The number of thioether (sulfide) groups is 1. The van der Waals surface area contributed by atoms with Crippen LogP contribution in [-0.4, -0.2) is 38.5 Å². The van der Waals surface area contributed by atoms with Gasteiger partial charge >= 0.3 is 5.97 Å². The van der Waals surface area contributed by atoms with E-state index in [4.69, 9.17) is 9.47 Å². The van der Waals surface area contributed by atoms with Gasteiger partial charge in [-0.1, -0.05) is 0 Å². The summed E-state index contributed by atoms with van der Waals surface area (Å²) in [5.41, 5.74) is -0.631. The minimum Gasteiger partial charge on any atom is -0.497 e. The van der Waals surface area contributed by atoms with Crippen molar-refractivity contribution >= 4 is 17.7 Å². The highest BCUT2D eigenvalue weighted by molar-refractivity contribution is 7.99. The second-order valence-corrected chi connectivity index (χ2v) is 5.52. The Bertz CT molecular complexity index is 408. The van der Waals surface area contributed by atoms with Crippen LogP contribution in [0.4, 0.5) is 0 Å². The number of methoxy groups -OCH3 is 2. The monoisotopic (exact) mass is 283 g/mol. The highest BCUT2D eigenvalue weighted by atomic mass is 32.2. The molecule has 0 fully saturated rings. The van der Waals surface area contributed by atoms with Gasteiger partial charge in [-0.25, -0.2) is 0 Å². The average Bonchev–Trinajstić information content (AvgIpc) is 2.46. The molecule has 1 aromatic rings. The van der Waals surface area contributed by atoms with Crippen LogP contribution in [-0.2, 0) is 9.53 Å². The molecule has 106 valence electrons. The zero-order valence-electron chi connectivity index (χ0n) is 11.9. The van der Waals surface area contributed by atoms with E-state index in [2.05, 4.69) is 5.32 Å². The van der Waals surface area contributed by atoms with E-state index >= 15 is 0 Å². The van der Waals surface area contributed by atoms with Crippen molar-refractivity contribution in [3.63, 3.8) is 0 Å². The van der Waals surface area contributed by atoms with E-state index in [0.29, 0.717) is 6.42 Å². The summed E-state index contributed by atoms with van der Waals surface area (Å²) >= 11 is 1.71. The van der Waals surface area contributed by atoms with Crippen LogP contribution in [0.5, 0.6) is 5.75 Å². The van der Waals surface area contributed by atoms with Crippen LogP contribution >= 0.6 is 11.8 Å². The number of esters is 1. The van der Waals surface area contributed by atoms with E-state index in [1.54, 1.807) is 25.9 Å². The molecule has 0 aliphatic rings. The molecular weight excluding hydrogens is 262 g/mol. The summed E-state index contributed by atoms with van der Waals surface area (Å²) in [5, 5.41) is 3.03. The smallest absolute Gasteiger partial charge is 0.325 e. The first kappa shape index (κ1) is 15.9. The van der Waals surface area contributed by atoms with Crippen LogP contribution in [0.25, 0.3) is 0 Å². The number of nitrogens with one attached hydrogen (secondary N) is 1. The molecule has 0 spiro atoms. The molecule has 0 aromatic heterocycles. The quantitative estimate of drug-likeness (QED) is 0.615. The van der Waals surface area contributed by atoms with Gasteiger partial charge in [-0.15, -0.1) is 11.8 Å². The Balaban J connectivity index is 2.50. The summed E-state index contributed by atoms with van der Waals surface area (Å²) in [7, 11) is 4.83. The fraction of sp³-hybridized carbons (Fsp3) is 0.500. The minimum atomic E-state index is -0.631. The van der Waals surface area contributed by atoms with E-state index in [0.717, 1.165) is 16.4 Å². The molecule has 0 saturated heterocycles. The molecule has 1 unspecified atom stereocenters. The maximum Gasteiger partial charge on any atom is 0.325 e. The Hall–Kier alpha value is -1.20. The Kier molecular flexibility index (Phi) is 6.18. The Morgan fingerprint density at radius 3 is 2.42 bits per heavy atom. The van der Waals surface area contributed by atoms with Crippen molar-refractivity contribution in [3.05, 3.63) is 24.3 Å². The first-order chi connectivity index (χ1) is 9.05. The third kappa shape index (κ3) is 4.44. The molecule has 1 rings (SSSR count). The first-order valence-electron chi connectivity index (χ1n) is 6.10. The molecule has 0 heterocycles. The molecule has 0 bridgehead atoms. The van der Waals surface area contributed by atoms with Gasteiger partial charge in [0.2, 0.25) is 0 Å². The number of benzene rings is 1. The van der Waals surface area contributed by atoms with Crippen molar-refractivity contribution in [3.8, 4) is 5.75 Å². The second-order valence-electron chi connectivity index (χ2n) is 4.35. The van der Waals surface area contributed by atoms with E-state index in [-0.39, 0.29) is 5.97 Å². The third-order valence-electron chi connectivity index (χ3n) is 3.12. The summed E-state index contributed by atoms with van der Waals surface area (Å²) in [6.45, 7) is 1.85. The van der Waals surface area contributed by atoms with Crippen LogP contribution in [0.3, 0.4) is 0 Å². The van der Waals surface area contributed by atoms with Gasteiger partial charge in [-0.05, 0) is 44.7 Å². The highest BCUT2D eigenvalue weighted by Gasteiger charge is 2.31. The lowest BCUT2D eigenvalue weighted by molar-refractivity contribution is -0.147. The average molecular weight is 283 g/mol. The van der Waals surface area contributed by atoms with Crippen LogP contribution in [0, 0.1) is 0 Å². The largest absolute Gasteiger partial charge is 0.497 e. The predicted molar refractivity (Wildman–Crippen MR) is 77.8 cm³/mol. The van der Waals surface area contributed by atoms with Gasteiger partial charge in [0, 0.05) is 10.6 Å². The van der Waals surface area contributed by atoms with Crippen molar-refractivity contribution in [2.45, 2.75) is 23.8 Å². The number of carbonyl (C=O) groups excluding carboxylic acids is 1. The van der Waals surface area contributed by atoms with E-state index in [1.807, 2.05) is 31.2 Å². The number of carbonyl (C=O) groups is 1. The van der Waals surface area contributed by atoms with Gasteiger partial charge in [0.25, 0.3) is 0 Å². The third-order valence-corrected chi connectivity index (χ3v) is 4.13. The van der Waals surface area contributed by atoms with Gasteiger partial charge in [0.1, 0.15) is 11.3 Å². The van der Waals surface area contributed by atoms with Crippen LogP contribution in [0.15, 0.2) is 29.2 Å². The molecule has 0 saturated carbocycles. The van der Waals surface area contributed by atoms with Gasteiger partial charge < -0.3 is 14.8 Å². The Labute approximate surface area is 118 Å². The van der Waals surface area contributed by atoms with Gasteiger partial charge in [0.15, 0.2) is 0 Å². The number of hydrogen-bond donors (Lipinski definition) is 1. The van der Waals surface area contributed by atoms with Crippen LogP contribution < -0.4 is 10.1 Å². The lowest BCUT2D eigenvalue weighted by Crippen LogP contribution is -2.48. The van der Waals surface area contributed by atoms with Gasteiger partial charge in [-0.3, -0.25) is 4.79 Å². The SMILES string of the molecule is CNC(C)(CCSc1ccc(OC)cc1)C(=O)OC. The fourth-order valence-corrected chi connectivity index (χ4v) is 2.67. The maximum atomic E-state index is 11.7. The Morgan fingerprint density at radius 2 is 1.95 bits per heavy atom. The summed E-state index contributed by atoms with van der Waals surface area (Å²) < 4.78 is 9.92. The van der Waals surface area contributed by atoms with Crippen LogP contribution in [0.1, 0.15) is 13.3 Å².